The Morgan fingerprint density at radius 2 is 1.93 bits per heavy atom. The summed E-state index contributed by atoms with van der Waals surface area (Å²) in [7, 11) is -1.05. The maximum absolute atomic E-state index is 12.9. The molecule has 142 valence electrons. The topological polar surface area (TPSA) is 85.7 Å². The Morgan fingerprint density at radius 3 is 2.68 bits per heavy atom. The highest BCUT2D eigenvalue weighted by Crippen LogP contribution is 2.25. The van der Waals surface area contributed by atoms with Gasteiger partial charge in [0.25, 0.3) is 0 Å². The van der Waals surface area contributed by atoms with Crippen LogP contribution in [0.2, 0.25) is 0 Å². The third-order valence-electron chi connectivity index (χ3n) is 5.04. The molecule has 0 saturated carbocycles. The number of aromatic amines is 1. The zero-order valence-electron chi connectivity index (χ0n) is 15.1. The van der Waals surface area contributed by atoms with Gasteiger partial charge in [0.05, 0.1) is 15.7 Å². The zero-order chi connectivity index (χ0) is 18.9. The molecule has 1 aromatic carbocycles. The van der Waals surface area contributed by atoms with E-state index in [1.54, 1.807) is 6.20 Å². The normalized spacial score (nSPS) is 16.4. The molecule has 8 heteroatoms. The summed E-state index contributed by atoms with van der Waals surface area (Å²) in [5.41, 5.74) is 2.82. The van der Waals surface area contributed by atoms with Gasteiger partial charge in [-0.2, -0.15) is 5.10 Å². The molecule has 1 unspecified atom stereocenters. The van der Waals surface area contributed by atoms with Crippen molar-refractivity contribution in [2.45, 2.75) is 23.0 Å². The van der Waals surface area contributed by atoms with Gasteiger partial charge in [-0.25, -0.2) is 9.97 Å². The molecular weight excluding hydrogens is 374 g/mol. The van der Waals surface area contributed by atoms with E-state index < -0.39 is 10.8 Å². The predicted molar refractivity (Wildman–Crippen MR) is 107 cm³/mol. The largest absolute Gasteiger partial charge is 0.381 e. The van der Waals surface area contributed by atoms with Crippen LogP contribution in [0, 0.1) is 0 Å². The molecule has 5 rings (SSSR count). The van der Waals surface area contributed by atoms with Gasteiger partial charge in [0.15, 0.2) is 5.82 Å². The minimum atomic E-state index is -1.05. The third kappa shape index (κ3) is 3.14. The summed E-state index contributed by atoms with van der Waals surface area (Å²) < 4.78 is 20.3. The molecule has 1 N–H and O–H groups in total. The van der Waals surface area contributed by atoms with Crippen molar-refractivity contribution in [2.24, 2.45) is 0 Å². The molecule has 7 nitrogen and oxygen atoms in total. The van der Waals surface area contributed by atoms with Crippen molar-refractivity contribution in [3.8, 4) is 17.1 Å². The van der Waals surface area contributed by atoms with Crippen molar-refractivity contribution in [2.75, 3.05) is 13.2 Å². The highest BCUT2D eigenvalue weighted by Gasteiger charge is 2.22. The molecule has 1 saturated heterocycles. The summed E-state index contributed by atoms with van der Waals surface area (Å²) in [6.45, 7) is 1.37. The number of aromatic nitrogens is 5. The van der Waals surface area contributed by atoms with Crippen LogP contribution in [0.1, 0.15) is 12.8 Å². The maximum atomic E-state index is 12.9. The summed E-state index contributed by atoms with van der Waals surface area (Å²) >= 11 is 0. The molecule has 1 fully saturated rings. The molecule has 4 heterocycles. The number of H-pyrrole nitrogens is 1. The Morgan fingerprint density at radius 1 is 1.11 bits per heavy atom. The molecule has 0 spiro atoms. The number of pyridine rings is 1. The number of hydrogen-bond acceptors (Lipinski definition) is 5. The van der Waals surface area contributed by atoms with Crippen molar-refractivity contribution >= 4 is 21.8 Å². The molecule has 0 amide bonds. The van der Waals surface area contributed by atoms with Gasteiger partial charge in [-0.05, 0) is 49.2 Å². The summed E-state index contributed by atoms with van der Waals surface area (Å²) in [6.07, 6.45) is 6.90. The minimum absolute atomic E-state index is 0.152. The Balaban J connectivity index is 1.44. The van der Waals surface area contributed by atoms with Crippen LogP contribution < -0.4 is 0 Å². The average Bonchev–Trinajstić information content (AvgIpc) is 3.44. The van der Waals surface area contributed by atoms with E-state index in [0.29, 0.717) is 13.2 Å². The first kappa shape index (κ1) is 17.3. The fraction of sp³-hybridized carbons (Fsp3) is 0.250. The minimum Gasteiger partial charge on any atom is -0.381 e. The summed E-state index contributed by atoms with van der Waals surface area (Å²) in [4.78, 5) is 9.58. The Labute approximate surface area is 164 Å². The lowest BCUT2D eigenvalue weighted by Gasteiger charge is -2.21. The quantitative estimate of drug-likeness (QED) is 0.576. The lowest BCUT2D eigenvalue weighted by molar-refractivity contribution is 0.0992. The molecule has 4 aromatic rings. The van der Waals surface area contributed by atoms with E-state index in [1.807, 2.05) is 47.2 Å². The number of rotatable bonds is 4. The third-order valence-corrected chi connectivity index (χ3v) is 6.80. The van der Waals surface area contributed by atoms with Crippen LogP contribution in [-0.4, -0.2) is 47.4 Å². The second-order valence-corrected chi connectivity index (χ2v) is 8.49. The Kier molecular flexibility index (Phi) is 4.50. The average molecular weight is 393 g/mol. The van der Waals surface area contributed by atoms with E-state index in [0.717, 1.165) is 45.8 Å². The van der Waals surface area contributed by atoms with E-state index in [9.17, 15) is 4.21 Å². The van der Waals surface area contributed by atoms with Crippen LogP contribution in [0.25, 0.3) is 28.1 Å². The molecular formula is C20H19N5O2S. The fourth-order valence-electron chi connectivity index (χ4n) is 3.53. The molecule has 0 aliphatic carbocycles. The number of nitrogens with one attached hydrogen (secondary N) is 1. The van der Waals surface area contributed by atoms with Gasteiger partial charge in [-0.15, -0.1) is 0 Å². The van der Waals surface area contributed by atoms with Crippen LogP contribution in [0.15, 0.2) is 60.0 Å². The molecule has 1 aliphatic rings. The first-order chi connectivity index (χ1) is 13.8. The van der Waals surface area contributed by atoms with Gasteiger partial charge in [0, 0.05) is 47.5 Å². The maximum Gasteiger partial charge on any atom is 0.155 e. The first-order valence-electron chi connectivity index (χ1n) is 9.21. The second kappa shape index (κ2) is 7.29. The number of benzene rings is 1. The zero-order valence-corrected chi connectivity index (χ0v) is 15.9. The van der Waals surface area contributed by atoms with Crippen molar-refractivity contribution in [1.29, 1.82) is 0 Å². The number of hydrogen-bond donors (Lipinski definition) is 1. The second-order valence-electron chi connectivity index (χ2n) is 6.76. The molecule has 28 heavy (non-hydrogen) atoms. The standard InChI is InChI=1S/C20H19N5O2S/c26-28(17-6-9-27-10-7-17)18-11-15-5-8-25(20(15)21-12-18)16-3-1-14(2-4-16)19-22-13-23-24-19/h1-5,8,11-13,17H,6-7,9-10H2,(H,22,23,24). The monoisotopic (exact) mass is 393 g/mol. The molecule has 1 aliphatic heterocycles. The van der Waals surface area contributed by atoms with Crippen LogP contribution in [0.3, 0.4) is 0 Å². The predicted octanol–water partition coefficient (Wildman–Crippen LogP) is 3.10. The fourth-order valence-corrected chi connectivity index (χ4v) is 4.93. The van der Waals surface area contributed by atoms with Crippen molar-refractivity contribution in [1.82, 2.24) is 24.7 Å². The summed E-state index contributed by atoms with van der Waals surface area (Å²) in [6, 6.07) is 12.0. The van der Waals surface area contributed by atoms with E-state index in [1.165, 1.54) is 6.33 Å². The lowest BCUT2D eigenvalue weighted by Crippen LogP contribution is -2.25. The summed E-state index contributed by atoms with van der Waals surface area (Å²) in [5, 5.41) is 7.88. The van der Waals surface area contributed by atoms with Gasteiger partial charge in [0.1, 0.15) is 12.0 Å². The SMILES string of the molecule is O=S(c1cnc2c(ccn2-c2ccc(-c3ncn[nH]3)cc2)c1)C1CCOCC1. The van der Waals surface area contributed by atoms with Crippen LogP contribution in [-0.2, 0) is 15.5 Å². The van der Waals surface area contributed by atoms with Crippen molar-refractivity contribution in [3.05, 3.63) is 55.1 Å². The first-order valence-corrected chi connectivity index (χ1v) is 10.4. The highest BCUT2D eigenvalue weighted by atomic mass is 32.2. The van der Waals surface area contributed by atoms with Gasteiger partial charge < -0.3 is 9.30 Å². The molecule has 0 radical (unpaired) electrons. The van der Waals surface area contributed by atoms with Gasteiger partial charge in [-0.3, -0.25) is 9.31 Å². The van der Waals surface area contributed by atoms with Crippen LogP contribution in [0.5, 0.6) is 0 Å². The van der Waals surface area contributed by atoms with Crippen LogP contribution >= 0.6 is 0 Å². The summed E-state index contributed by atoms with van der Waals surface area (Å²) in [5.74, 6) is 0.738. The van der Waals surface area contributed by atoms with E-state index in [4.69, 9.17) is 4.74 Å². The molecule has 3 aromatic heterocycles. The van der Waals surface area contributed by atoms with E-state index in [2.05, 4.69) is 20.2 Å². The molecule has 1 atom stereocenters. The van der Waals surface area contributed by atoms with E-state index >= 15 is 0 Å². The Hall–Kier alpha value is -2.84. The highest BCUT2D eigenvalue weighted by molar-refractivity contribution is 7.85. The number of nitrogens with zero attached hydrogens (tertiary/aromatic N) is 4. The smallest absolute Gasteiger partial charge is 0.155 e. The lowest BCUT2D eigenvalue weighted by atomic mass is 10.2. The number of fused-ring (bicyclic) bond motifs is 1. The van der Waals surface area contributed by atoms with Gasteiger partial charge >= 0.3 is 0 Å². The molecule has 0 bridgehead atoms. The van der Waals surface area contributed by atoms with Crippen molar-refractivity contribution in [3.63, 3.8) is 0 Å². The Bertz CT molecular complexity index is 1120. The van der Waals surface area contributed by atoms with Crippen LogP contribution in [0.4, 0.5) is 0 Å². The number of ether oxygens (including phenoxy) is 1. The van der Waals surface area contributed by atoms with Gasteiger partial charge in [-0.1, -0.05) is 0 Å². The van der Waals surface area contributed by atoms with E-state index in [-0.39, 0.29) is 5.25 Å². The van der Waals surface area contributed by atoms with Crippen molar-refractivity contribution < 1.29 is 8.95 Å². The van der Waals surface area contributed by atoms with Gasteiger partial charge in [0.2, 0.25) is 0 Å².